The lowest BCUT2D eigenvalue weighted by Gasteiger charge is -2.29. The second-order valence-corrected chi connectivity index (χ2v) is 10.1. The lowest BCUT2D eigenvalue weighted by atomic mass is 10.1. The largest absolute Gasteiger partial charge is 0.497 e. The fraction of sp³-hybridized carbons (Fsp3) is 0.440. The van der Waals surface area contributed by atoms with E-state index < -0.39 is 16.1 Å². The zero-order valence-corrected chi connectivity index (χ0v) is 21.4. The lowest BCUT2D eigenvalue weighted by Crippen LogP contribution is -2.47. The number of nitrogens with one attached hydrogen (secondary N) is 1. The molecule has 1 N–H and O–H groups in total. The average Bonchev–Trinajstić information content (AvgIpc) is 2.80. The molecule has 0 heterocycles. The number of nitrogens with zero attached hydrogens (tertiary/aromatic N) is 2. The molecule has 0 radical (unpaired) electrons. The Morgan fingerprint density at radius 1 is 1.12 bits per heavy atom. The molecule has 0 aliphatic rings. The van der Waals surface area contributed by atoms with Gasteiger partial charge in [-0.25, -0.2) is 8.42 Å². The molecule has 9 heteroatoms. The Morgan fingerprint density at radius 2 is 1.79 bits per heavy atom. The maximum Gasteiger partial charge on any atom is 0.242 e. The predicted molar refractivity (Wildman–Crippen MR) is 134 cm³/mol. The second-order valence-electron chi connectivity index (χ2n) is 8.22. The highest BCUT2D eigenvalue weighted by Crippen LogP contribution is 2.20. The van der Waals surface area contributed by atoms with E-state index in [2.05, 4.69) is 5.32 Å². The number of hydrogen-bond acceptors (Lipinski definition) is 5. The van der Waals surface area contributed by atoms with Crippen LogP contribution in [0.5, 0.6) is 5.75 Å². The molecule has 0 saturated carbocycles. The van der Waals surface area contributed by atoms with Crippen molar-refractivity contribution in [1.29, 1.82) is 0 Å². The third-order valence-corrected chi connectivity index (χ3v) is 6.67. The van der Waals surface area contributed by atoms with Crippen LogP contribution < -0.4 is 14.4 Å². The van der Waals surface area contributed by atoms with E-state index in [9.17, 15) is 18.0 Å². The van der Waals surface area contributed by atoms with Gasteiger partial charge in [0.2, 0.25) is 21.8 Å². The summed E-state index contributed by atoms with van der Waals surface area (Å²) >= 11 is 0. The van der Waals surface area contributed by atoms with Gasteiger partial charge in [-0.1, -0.05) is 29.8 Å². The number of methoxy groups -OCH3 is 1. The Bertz CT molecular complexity index is 1070. The standard InChI is InChI=1S/C25H35N3O5S/c1-6-26-25(30)20(3)27(18-21-9-7-10-23(17-21)33-4)24(29)11-8-16-28(34(5,31)32)22-14-12-19(2)13-15-22/h7,9-10,12-15,17,20H,6,8,11,16,18H2,1-5H3,(H,26,30). The highest BCUT2D eigenvalue weighted by atomic mass is 32.2. The van der Waals surface area contributed by atoms with Crippen LogP contribution in [-0.2, 0) is 26.2 Å². The lowest BCUT2D eigenvalue weighted by molar-refractivity contribution is -0.140. The van der Waals surface area contributed by atoms with Crippen LogP contribution in [0.25, 0.3) is 0 Å². The molecule has 0 aromatic heterocycles. The van der Waals surface area contributed by atoms with Gasteiger partial charge in [-0.3, -0.25) is 13.9 Å². The quantitative estimate of drug-likeness (QED) is 0.494. The number of amides is 2. The van der Waals surface area contributed by atoms with Crippen LogP contribution in [0.15, 0.2) is 48.5 Å². The normalized spacial score (nSPS) is 12.0. The van der Waals surface area contributed by atoms with Gasteiger partial charge in [0, 0.05) is 26.1 Å². The van der Waals surface area contributed by atoms with E-state index >= 15 is 0 Å². The summed E-state index contributed by atoms with van der Waals surface area (Å²) in [5.41, 5.74) is 2.42. The molecule has 1 atom stereocenters. The van der Waals surface area contributed by atoms with Gasteiger partial charge in [0.15, 0.2) is 0 Å². The van der Waals surface area contributed by atoms with E-state index in [4.69, 9.17) is 4.74 Å². The molecule has 0 spiro atoms. The number of carbonyl (C=O) groups excluding carboxylic acids is 2. The van der Waals surface area contributed by atoms with Crippen LogP contribution in [0, 0.1) is 6.92 Å². The summed E-state index contributed by atoms with van der Waals surface area (Å²) in [6.45, 7) is 6.31. The SMILES string of the molecule is CCNC(=O)C(C)N(Cc1cccc(OC)c1)C(=O)CCCN(c1ccc(C)cc1)S(C)(=O)=O. The zero-order chi connectivity index (χ0) is 25.3. The van der Waals surface area contributed by atoms with E-state index in [0.29, 0.717) is 24.4 Å². The molecular formula is C25H35N3O5S. The first-order valence-electron chi connectivity index (χ1n) is 11.3. The maximum absolute atomic E-state index is 13.2. The number of anilines is 1. The third kappa shape index (κ3) is 7.76. The molecular weight excluding hydrogens is 454 g/mol. The Balaban J connectivity index is 2.16. The topological polar surface area (TPSA) is 96.0 Å². The van der Waals surface area contributed by atoms with E-state index in [-0.39, 0.29) is 31.3 Å². The number of aryl methyl sites for hydroxylation is 1. The minimum Gasteiger partial charge on any atom is -0.497 e. The molecule has 0 aliphatic heterocycles. The summed E-state index contributed by atoms with van der Waals surface area (Å²) < 4.78 is 31.3. The predicted octanol–water partition coefficient (Wildman–Crippen LogP) is 3.10. The molecule has 2 aromatic carbocycles. The van der Waals surface area contributed by atoms with Crippen molar-refractivity contribution in [3.05, 3.63) is 59.7 Å². The first-order valence-corrected chi connectivity index (χ1v) is 13.2. The van der Waals surface area contributed by atoms with E-state index in [0.717, 1.165) is 17.4 Å². The summed E-state index contributed by atoms with van der Waals surface area (Å²) in [7, 11) is -1.94. The number of carbonyl (C=O) groups is 2. The van der Waals surface area contributed by atoms with Crippen molar-refractivity contribution in [3.63, 3.8) is 0 Å². The minimum absolute atomic E-state index is 0.103. The van der Waals surface area contributed by atoms with Gasteiger partial charge in [0.25, 0.3) is 0 Å². The number of hydrogen-bond donors (Lipinski definition) is 1. The molecule has 8 nitrogen and oxygen atoms in total. The number of ether oxygens (including phenoxy) is 1. The zero-order valence-electron chi connectivity index (χ0n) is 20.6. The molecule has 0 saturated heterocycles. The van der Waals surface area contributed by atoms with Crippen molar-refractivity contribution in [2.24, 2.45) is 0 Å². The van der Waals surface area contributed by atoms with Gasteiger partial charge < -0.3 is 15.0 Å². The molecule has 0 bridgehead atoms. The number of benzene rings is 2. The Kier molecular flexibility index (Phi) is 9.92. The van der Waals surface area contributed by atoms with Crippen LogP contribution in [0.1, 0.15) is 37.8 Å². The summed E-state index contributed by atoms with van der Waals surface area (Å²) in [6.07, 6.45) is 1.57. The van der Waals surface area contributed by atoms with Crippen molar-refractivity contribution >= 4 is 27.5 Å². The molecule has 34 heavy (non-hydrogen) atoms. The summed E-state index contributed by atoms with van der Waals surface area (Å²) in [5, 5.41) is 2.76. The van der Waals surface area contributed by atoms with Gasteiger partial charge in [-0.2, -0.15) is 0 Å². The first-order chi connectivity index (χ1) is 16.1. The number of rotatable bonds is 12. The molecule has 1 unspecified atom stereocenters. The fourth-order valence-corrected chi connectivity index (χ4v) is 4.55. The van der Waals surface area contributed by atoms with Gasteiger partial charge in [0.05, 0.1) is 19.1 Å². The summed E-state index contributed by atoms with van der Waals surface area (Å²) in [6, 6.07) is 13.9. The smallest absolute Gasteiger partial charge is 0.242 e. The van der Waals surface area contributed by atoms with E-state index in [1.807, 2.05) is 50.2 Å². The van der Waals surface area contributed by atoms with Crippen molar-refractivity contribution in [3.8, 4) is 5.75 Å². The van der Waals surface area contributed by atoms with Crippen LogP contribution in [-0.4, -0.2) is 57.6 Å². The van der Waals surface area contributed by atoms with Gasteiger partial charge in [-0.15, -0.1) is 0 Å². The second kappa shape index (κ2) is 12.4. The van der Waals surface area contributed by atoms with E-state index in [1.165, 1.54) is 9.21 Å². The minimum atomic E-state index is -3.51. The molecule has 2 aromatic rings. The van der Waals surface area contributed by atoms with Crippen molar-refractivity contribution < 1.29 is 22.7 Å². The van der Waals surface area contributed by atoms with Crippen LogP contribution >= 0.6 is 0 Å². The van der Waals surface area contributed by atoms with Crippen molar-refractivity contribution in [2.75, 3.05) is 30.8 Å². The van der Waals surface area contributed by atoms with Gasteiger partial charge >= 0.3 is 0 Å². The Hall–Kier alpha value is -3.07. The molecule has 0 aliphatic carbocycles. The number of sulfonamides is 1. The molecule has 0 fully saturated rings. The average molecular weight is 490 g/mol. The van der Waals surface area contributed by atoms with Crippen LogP contribution in [0.4, 0.5) is 5.69 Å². The summed E-state index contributed by atoms with van der Waals surface area (Å²) in [5.74, 6) is 0.201. The van der Waals surface area contributed by atoms with Crippen LogP contribution in [0.2, 0.25) is 0 Å². The maximum atomic E-state index is 13.2. The van der Waals surface area contributed by atoms with Crippen molar-refractivity contribution in [1.82, 2.24) is 10.2 Å². The third-order valence-electron chi connectivity index (χ3n) is 5.48. The molecule has 2 rings (SSSR count). The Labute approximate surface area is 202 Å². The van der Waals surface area contributed by atoms with Crippen LogP contribution in [0.3, 0.4) is 0 Å². The highest BCUT2D eigenvalue weighted by molar-refractivity contribution is 7.92. The molecule has 186 valence electrons. The van der Waals surface area contributed by atoms with Crippen molar-refractivity contribution in [2.45, 2.75) is 46.2 Å². The first kappa shape index (κ1) is 27.2. The Morgan fingerprint density at radius 3 is 2.38 bits per heavy atom. The fourth-order valence-electron chi connectivity index (χ4n) is 3.59. The highest BCUT2D eigenvalue weighted by Gasteiger charge is 2.26. The molecule has 2 amide bonds. The summed E-state index contributed by atoms with van der Waals surface area (Å²) in [4.78, 5) is 27.2. The van der Waals surface area contributed by atoms with E-state index in [1.54, 1.807) is 26.2 Å². The number of likely N-dealkylation sites (N-methyl/N-ethyl adjacent to an activating group) is 1. The van der Waals surface area contributed by atoms with Gasteiger partial charge in [0.1, 0.15) is 11.8 Å². The monoisotopic (exact) mass is 489 g/mol. The van der Waals surface area contributed by atoms with Gasteiger partial charge in [-0.05, 0) is 57.0 Å².